The van der Waals surface area contributed by atoms with Crippen LogP contribution < -0.4 is 15.4 Å². The third-order valence-electron chi connectivity index (χ3n) is 3.79. The molecule has 1 aromatic heterocycles. The predicted molar refractivity (Wildman–Crippen MR) is 106 cm³/mol. The van der Waals surface area contributed by atoms with E-state index in [0.29, 0.717) is 11.5 Å². The monoisotopic (exact) mass is 465 g/mol. The van der Waals surface area contributed by atoms with Crippen molar-refractivity contribution in [2.75, 3.05) is 5.32 Å². The van der Waals surface area contributed by atoms with Gasteiger partial charge in [-0.3, -0.25) is 4.98 Å². The summed E-state index contributed by atoms with van der Waals surface area (Å²) in [6.45, 7) is 0.198. The van der Waals surface area contributed by atoms with Gasteiger partial charge in [0.15, 0.2) is 0 Å². The number of pyridine rings is 1. The number of carbonyl (C=O) groups excluding carboxylic acids is 1. The van der Waals surface area contributed by atoms with Crippen LogP contribution in [0, 0.1) is 0 Å². The van der Waals surface area contributed by atoms with Crippen LogP contribution in [0.15, 0.2) is 71.5 Å². The van der Waals surface area contributed by atoms with Crippen molar-refractivity contribution in [3.63, 3.8) is 0 Å². The van der Waals surface area contributed by atoms with Crippen LogP contribution in [0.1, 0.15) is 11.1 Å². The second-order valence-corrected chi connectivity index (χ2v) is 6.78. The van der Waals surface area contributed by atoms with Gasteiger partial charge in [-0.2, -0.15) is 13.2 Å². The molecule has 3 rings (SSSR count). The molecule has 0 aliphatic heterocycles. The van der Waals surface area contributed by atoms with Crippen molar-refractivity contribution in [3.8, 4) is 11.5 Å². The van der Waals surface area contributed by atoms with E-state index in [0.717, 1.165) is 11.6 Å². The Morgan fingerprint density at radius 3 is 2.31 bits per heavy atom. The van der Waals surface area contributed by atoms with E-state index < -0.39 is 17.8 Å². The fourth-order valence-corrected chi connectivity index (χ4v) is 2.87. The first kappa shape index (κ1) is 20.7. The summed E-state index contributed by atoms with van der Waals surface area (Å²) in [6, 6.07) is 13.4. The highest BCUT2D eigenvalue weighted by Crippen LogP contribution is 2.36. The Balaban J connectivity index is 1.54. The topological polar surface area (TPSA) is 63.2 Å². The maximum atomic E-state index is 12.9. The van der Waals surface area contributed by atoms with E-state index in [4.69, 9.17) is 4.74 Å². The molecule has 0 saturated carbocycles. The fraction of sp³-hybridized carbons (Fsp3) is 0.100. The highest BCUT2D eigenvalue weighted by atomic mass is 79.9. The quantitative estimate of drug-likeness (QED) is 0.487. The van der Waals surface area contributed by atoms with Crippen molar-refractivity contribution in [3.05, 3.63) is 82.6 Å². The third kappa shape index (κ3) is 5.95. The summed E-state index contributed by atoms with van der Waals surface area (Å²) < 4.78 is 44.4. The van der Waals surface area contributed by atoms with Gasteiger partial charge in [0.05, 0.1) is 5.56 Å². The number of hydrogen-bond donors (Lipinski definition) is 2. The summed E-state index contributed by atoms with van der Waals surface area (Å²) in [4.78, 5) is 15.9. The molecule has 29 heavy (non-hydrogen) atoms. The minimum atomic E-state index is -4.52. The van der Waals surface area contributed by atoms with Crippen LogP contribution >= 0.6 is 15.9 Å². The molecule has 2 amide bonds. The second kappa shape index (κ2) is 8.95. The van der Waals surface area contributed by atoms with Gasteiger partial charge in [0.1, 0.15) is 11.5 Å². The summed E-state index contributed by atoms with van der Waals surface area (Å²) in [5, 5.41) is 4.99. The van der Waals surface area contributed by atoms with Gasteiger partial charge in [0.2, 0.25) is 0 Å². The average molecular weight is 466 g/mol. The fourth-order valence-electron chi connectivity index (χ4n) is 2.40. The summed E-state index contributed by atoms with van der Waals surface area (Å²) in [5.41, 5.74) is -0.0202. The van der Waals surface area contributed by atoms with Crippen molar-refractivity contribution < 1.29 is 22.7 Å². The van der Waals surface area contributed by atoms with Gasteiger partial charge in [-0.05, 0) is 48.0 Å². The van der Waals surface area contributed by atoms with Crippen LogP contribution in [0.4, 0.5) is 23.7 Å². The van der Waals surface area contributed by atoms with Crippen LogP contribution in [0.25, 0.3) is 0 Å². The lowest BCUT2D eigenvalue weighted by molar-refractivity contribution is -0.138. The van der Waals surface area contributed by atoms with E-state index in [-0.39, 0.29) is 16.7 Å². The van der Waals surface area contributed by atoms with Crippen LogP contribution in [0.5, 0.6) is 11.5 Å². The van der Waals surface area contributed by atoms with Gasteiger partial charge in [-0.15, -0.1) is 0 Å². The molecule has 0 atom stereocenters. The van der Waals surface area contributed by atoms with Crippen LogP contribution in [0.3, 0.4) is 0 Å². The zero-order valence-electron chi connectivity index (χ0n) is 14.8. The standard InChI is InChI=1S/C20H15BrF3N3O2/c21-18-6-3-14(11-17(18)20(22,23)24)27-19(28)26-12-13-1-4-15(5-2-13)29-16-7-9-25-10-8-16/h1-11H,12H2,(H2,26,27,28). The van der Waals surface area contributed by atoms with Gasteiger partial charge in [-0.1, -0.05) is 28.1 Å². The number of rotatable bonds is 5. The first-order valence-corrected chi connectivity index (χ1v) is 9.19. The SMILES string of the molecule is O=C(NCc1ccc(Oc2ccncc2)cc1)Nc1ccc(Br)c(C(F)(F)F)c1. The van der Waals surface area contributed by atoms with Crippen LogP contribution in [-0.4, -0.2) is 11.0 Å². The number of nitrogens with zero attached hydrogens (tertiary/aromatic N) is 1. The van der Waals surface area contributed by atoms with Crippen molar-refractivity contribution >= 4 is 27.6 Å². The van der Waals surface area contributed by atoms with Gasteiger partial charge < -0.3 is 15.4 Å². The largest absolute Gasteiger partial charge is 0.457 e. The van der Waals surface area contributed by atoms with E-state index >= 15 is 0 Å². The van der Waals surface area contributed by atoms with Crippen molar-refractivity contribution in [1.82, 2.24) is 10.3 Å². The summed E-state index contributed by atoms with van der Waals surface area (Å²) in [6.07, 6.45) is -1.28. The molecule has 0 aliphatic rings. The van der Waals surface area contributed by atoms with E-state index in [1.54, 1.807) is 48.8 Å². The molecule has 5 nitrogen and oxygen atoms in total. The Hall–Kier alpha value is -3.07. The number of amides is 2. The Bertz CT molecular complexity index is 981. The normalized spacial score (nSPS) is 11.0. The molecule has 0 unspecified atom stereocenters. The molecule has 3 aromatic rings. The van der Waals surface area contributed by atoms with Crippen LogP contribution in [0.2, 0.25) is 0 Å². The lowest BCUT2D eigenvalue weighted by Crippen LogP contribution is -2.28. The molecule has 2 aromatic carbocycles. The number of anilines is 1. The Morgan fingerprint density at radius 2 is 1.66 bits per heavy atom. The number of aromatic nitrogens is 1. The number of hydrogen-bond acceptors (Lipinski definition) is 3. The molecule has 0 aliphatic carbocycles. The first-order valence-electron chi connectivity index (χ1n) is 8.40. The van der Waals surface area contributed by atoms with E-state index in [1.165, 1.54) is 12.1 Å². The minimum Gasteiger partial charge on any atom is -0.457 e. The molecule has 2 N–H and O–H groups in total. The maximum absolute atomic E-state index is 12.9. The molecule has 0 bridgehead atoms. The summed E-state index contributed by atoms with van der Waals surface area (Å²) in [5.74, 6) is 1.27. The van der Waals surface area contributed by atoms with Crippen molar-refractivity contribution in [1.29, 1.82) is 0 Å². The summed E-state index contributed by atoms with van der Waals surface area (Å²) >= 11 is 2.86. The molecule has 0 radical (unpaired) electrons. The minimum absolute atomic E-state index is 0.0409. The number of ether oxygens (including phenoxy) is 1. The van der Waals surface area contributed by atoms with E-state index in [9.17, 15) is 18.0 Å². The van der Waals surface area contributed by atoms with Crippen molar-refractivity contribution in [2.24, 2.45) is 0 Å². The molecule has 9 heteroatoms. The number of alkyl halides is 3. The molecular weight excluding hydrogens is 451 g/mol. The van der Waals surface area contributed by atoms with Gasteiger partial charge in [0, 0.05) is 29.1 Å². The van der Waals surface area contributed by atoms with Crippen molar-refractivity contribution in [2.45, 2.75) is 12.7 Å². The smallest absolute Gasteiger partial charge is 0.417 e. The zero-order chi connectivity index (χ0) is 20.9. The lowest BCUT2D eigenvalue weighted by Gasteiger charge is -2.12. The van der Waals surface area contributed by atoms with Gasteiger partial charge in [-0.25, -0.2) is 4.79 Å². The number of halogens is 4. The van der Waals surface area contributed by atoms with Gasteiger partial charge in [0.25, 0.3) is 0 Å². The summed E-state index contributed by atoms with van der Waals surface area (Å²) in [7, 11) is 0. The third-order valence-corrected chi connectivity index (χ3v) is 4.48. The molecule has 150 valence electrons. The average Bonchev–Trinajstić information content (AvgIpc) is 2.69. The Labute approximate surface area is 173 Å². The predicted octanol–water partition coefficient (Wildman–Crippen LogP) is 5.98. The van der Waals surface area contributed by atoms with E-state index in [2.05, 4.69) is 31.5 Å². The Morgan fingerprint density at radius 1 is 1.00 bits per heavy atom. The zero-order valence-corrected chi connectivity index (χ0v) is 16.4. The number of benzene rings is 2. The maximum Gasteiger partial charge on any atom is 0.417 e. The second-order valence-electron chi connectivity index (χ2n) is 5.93. The number of carbonyl (C=O) groups is 1. The van der Waals surface area contributed by atoms with Crippen LogP contribution in [-0.2, 0) is 12.7 Å². The molecule has 0 spiro atoms. The highest BCUT2D eigenvalue weighted by molar-refractivity contribution is 9.10. The molecule has 1 heterocycles. The Kier molecular flexibility index (Phi) is 6.38. The number of nitrogens with one attached hydrogen (secondary N) is 2. The molecular formula is C20H15BrF3N3O2. The first-order chi connectivity index (χ1) is 13.8. The molecule has 0 fully saturated rings. The molecule has 0 saturated heterocycles. The highest BCUT2D eigenvalue weighted by Gasteiger charge is 2.33. The number of urea groups is 1. The van der Waals surface area contributed by atoms with E-state index in [1.807, 2.05) is 0 Å². The lowest BCUT2D eigenvalue weighted by atomic mass is 10.2. The van der Waals surface area contributed by atoms with Gasteiger partial charge >= 0.3 is 12.2 Å².